The Balaban J connectivity index is 1.87. The molecule has 122 valence electrons. The van der Waals surface area contributed by atoms with Crippen molar-refractivity contribution in [1.82, 2.24) is 15.0 Å². The molecule has 2 aromatic carbocycles. The van der Waals surface area contributed by atoms with Crippen LogP contribution < -0.4 is 0 Å². The van der Waals surface area contributed by atoms with Gasteiger partial charge in [-0.15, -0.1) is 0 Å². The van der Waals surface area contributed by atoms with Gasteiger partial charge in [-0.2, -0.15) is 0 Å². The van der Waals surface area contributed by atoms with Crippen molar-refractivity contribution in [3.05, 3.63) is 84.2 Å². The third-order valence-corrected chi connectivity index (χ3v) is 4.28. The van der Waals surface area contributed by atoms with Gasteiger partial charge in [0.05, 0.1) is 0 Å². The lowest BCUT2D eigenvalue weighted by molar-refractivity contribution is 0.978. The van der Waals surface area contributed by atoms with Gasteiger partial charge < -0.3 is 0 Å². The van der Waals surface area contributed by atoms with E-state index in [0.717, 1.165) is 47.0 Å². The van der Waals surface area contributed by atoms with Crippen LogP contribution in [0.3, 0.4) is 0 Å². The molecule has 0 aliphatic heterocycles. The molecular weight excluding hydrogens is 306 g/mol. The Labute approximate surface area is 147 Å². The molecule has 0 fully saturated rings. The molecule has 0 radical (unpaired) electrons. The zero-order chi connectivity index (χ0) is 17.1. The second-order valence-electron chi connectivity index (χ2n) is 6.20. The molecule has 0 saturated carbocycles. The number of benzene rings is 2. The van der Waals surface area contributed by atoms with Crippen LogP contribution in [0.25, 0.3) is 28.3 Å². The normalized spacial score (nSPS) is 13.6. The summed E-state index contributed by atoms with van der Waals surface area (Å²) in [5.74, 6) is 2.21. The molecule has 0 N–H and O–H groups in total. The summed E-state index contributed by atoms with van der Waals surface area (Å²) in [6.07, 6.45) is 8.34. The van der Waals surface area contributed by atoms with Crippen LogP contribution >= 0.6 is 0 Å². The molecular formula is C22H19N3. The third kappa shape index (κ3) is 3.41. The highest BCUT2D eigenvalue weighted by molar-refractivity contribution is 5.68. The highest BCUT2D eigenvalue weighted by Gasteiger charge is 2.13. The van der Waals surface area contributed by atoms with Crippen molar-refractivity contribution in [2.75, 3.05) is 0 Å². The number of aromatic nitrogens is 3. The predicted octanol–water partition coefficient (Wildman–Crippen LogP) is 5.25. The number of hydrogen-bond donors (Lipinski definition) is 0. The number of aryl methyl sites for hydroxylation is 1. The van der Waals surface area contributed by atoms with Crippen molar-refractivity contribution in [3.63, 3.8) is 0 Å². The molecule has 1 aliphatic rings. The maximum absolute atomic E-state index is 4.76. The zero-order valence-electron chi connectivity index (χ0n) is 14.2. The average molecular weight is 325 g/mol. The lowest BCUT2D eigenvalue weighted by atomic mass is 10.0. The highest BCUT2D eigenvalue weighted by Crippen LogP contribution is 2.26. The van der Waals surface area contributed by atoms with E-state index in [-0.39, 0.29) is 0 Å². The fraction of sp³-hybridized carbons (Fsp3) is 0.136. The van der Waals surface area contributed by atoms with Crippen LogP contribution in [0.4, 0.5) is 0 Å². The van der Waals surface area contributed by atoms with E-state index in [2.05, 4.69) is 49.4 Å². The number of nitrogens with zero attached hydrogens (tertiary/aromatic N) is 3. The lowest BCUT2D eigenvalue weighted by Crippen LogP contribution is -2.03. The van der Waals surface area contributed by atoms with Gasteiger partial charge in [-0.05, 0) is 25.3 Å². The first-order valence-electron chi connectivity index (χ1n) is 8.54. The predicted molar refractivity (Wildman–Crippen MR) is 102 cm³/mol. The summed E-state index contributed by atoms with van der Waals surface area (Å²) in [6.45, 7) is 2.08. The summed E-state index contributed by atoms with van der Waals surface area (Å²) >= 11 is 0. The van der Waals surface area contributed by atoms with E-state index in [1.54, 1.807) is 0 Å². The van der Waals surface area contributed by atoms with Crippen molar-refractivity contribution in [1.29, 1.82) is 0 Å². The summed E-state index contributed by atoms with van der Waals surface area (Å²) in [4.78, 5) is 14.2. The molecule has 1 aliphatic carbocycles. The van der Waals surface area contributed by atoms with Crippen LogP contribution in [0.5, 0.6) is 0 Å². The molecule has 0 atom stereocenters. The monoisotopic (exact) mass is 325 g/mol. The number of allylic oxidation sites excluding steroid dienone is 4. The molecule has 0 bridgehead atoms. The molecule has 3 aromatic rings. The molecule has 4 rings (SSSR count). The Morgan fingerprint density at radius 2 is 1.36 bits per heavy atom. The fourth-order valence-electron chi connectivity index (χ4n) is 2.86. The van der Waals surface area contributed by atoms with E-state index in [1.165, 1.54) is 5.56 Å². The maximum atomic E-state index is 4.76. The summed E-state index contributed by atoms with van der Waals surface area (Å²) in [5, 5.41) is 0. The number of rotatable bonds is 3. The number of hydrogen-bond acceptors (Lipinski definition) is 3. The minimum Gasteiger partial charge on any atom is -0.209 e. The topological polar surface area (TPSA) is 38.7 Å². The van der Waals surface area contributed by atoms with Crippen LogP contribution in [-0.2, 0) is 0 Å². The van der Waals surface area contributed by atoms with Gasteiger partial charge in [0.2, 0.25) is 0 Å². The molecule has 0 spiro atoms. The molecule has 3 nitrogen and oxygen atoms in total. The molecule has 25 heavy (non-hydrogen) atoms. The van der Waals surface area contributed by atoms with Gasteiger partial charge in [-0.25, -0.2) is 15.0 Å². The largest absolute Gasteiger partial charge is 0.209 e. The first kappa shape index (κ1) is 15.5. The van der Waals surface area contributed by atoms with E-state index in [4.69, 9.17) is 15.0 Å². The van der Waals surface area contributed by atoms with Gasteiger partial charge >= 0.3 is 0 Å². The minimum absolute atomic E-state index is 0.719. The quantitative estimate of drug-likeness (QED) is 0.660. The van der Waals surface area contributed by atoms with Crippen molar-refractivity contribution in [3.8, 4) is 22.8 Å². The summed E-state index contributed by atoms with van der Waals surface area (Å²) < 4.78 is 0. The molecule has 1 heterocycles. The Morgan fingerprint density at radius 1 is 0.720 bits per heavy atom. The maximum Gasteiger partial charge on any atom is 0.164 e. The second kappa shape index (κ2) is 6.81. The van der Waals surface area contributed by atoms with Crippen molar-refractivity contribution in [2.24, 2.45) is 0 Å². The Bertz CT molecular complexity index is 939. The standard InChI is InChI=1S/C22H19N3/c1-16-12-14-19(15-13-16)22-24-20(17-8-4-2-5-9-17)23-21(25-22)18-10-6-3-7-11-18/h2-6,8-10,12-15H,7,11H2,1H3. The van der Waals surface area contributed by atoms with Crippen LogP contribution in [0.15, 0.2) is 72.8 Å². The molecule has 0 amide bonds. The minimum atomic E-state index is 0.719. The van der Waals surface area contributed by atoms with Crippen molar-refractivity contribution in [2.45, 2.75) is 19.8 Å². The summed E-state index contributed by atoms with van der Waals surface area (Å²) in [7, 11) is 0. The highest BCUT2D eigenvalue weighted by atomic mass is 15.0. The lowest BCUT2D eigenvalue weighted by Gasteiger charge is -2.11. The molecule has 0 saturated heterocycles. The summed E-state index contributed by atoms with van der Waals surface area (Å²) in [5.41, 5.74) is 4.40. The first-order valence-corrected chi connectivity index (χ1v) is 8.54. The first-order chi connectivity index (χ1) is 12.3. The van der Waals surface area contributed by atoms with Gasteiger partial charge in [0, 0.05) is 11.1 Å². The average Bonchev–Trinajstić information content (AvgIpc) is 2.69. The van der Waals surface area contributed by atoms with Gasteiger partial charge in [0.1, 0.15) is 0 Å². The van der Waals surface area contributed by atoms with Crippen LogP contribution in [-0.4, -0.2) is 15.0 Å². The van der Waals surface area contributed by atoms with Crippen LogP contribution in [0, 0.1) is 6.92 Å². The van der Waals surface area contributed by atoms with Gasteiger partial charge in [0.15, 0.2) is 17.5 Å². The van der Waals surface area contributed by atoms with Crippen molar-refractivity contribution < 1.29 is 0 Å². The van der Waals surface area contributed by atoms with Crippen molar-refractivity contribution >= 4 is 5.57 Å². The smallest absolute Gasteiger partial charge is 0.164 e. The third-order valence-electron chi connectivity index (χ3n) is 4.28. The summed E-state index contributed by atoms with van der Waals surface area (Å²) in [6, 6.07) is 18.4. The van der Waals surface area contributed by atoms with E-state index in [9.17, 15) is 0 Å². The molecule has 1 aromatic heterocycles. The fourth-order valence-corrected chi connectivity index (χ4v) is 2.86. The van der Waals surface area contributed by atoms with E-state index < -0.39 is 0 Å². The van der Waals surface area contributed by atoms with Crippen LogP contribution in [0.1, 0.15) is 24.2 Å². The van der Waals surface area contributed by atoms with E-state index in [0.29, 0.717) is 0 Å². The second-order valence-corrected chi connectivity index (χ2v) is 6.20. The van der Waals surface area contributed by atoms with E-state index >= 15 is 0 Å². The van der Waals surface area contributed by atoms with Gasteiger partial charge in [-0.1, -0.05) is 78.4 Å². The Kier molecular flexibility index (Phi) is 4.21. The Hall–Kier alpha value is -3.07. The van der Waals surface area contributed by atoms with Gasteiger partial charge in [-0.3, -0.25) is 0 Å². The molecule has 0 unspecified atom stereocenters. The Morgan fingerprint density at radius 3 is 2.00 bits per heavy atom. The zero-order valence-corrected chi connectivity index (χ0v) is 14.2. The molecule has 3 heteroatoms. The van der Waals surface area contributed by atoms with E-state index in [1.807, 2.05) is 30.3 Å². The SMILES string of the molecule is Cc1ccc(-c2nc(C3=CC=CCC3)nc(-c3ccccc3)n2)cc1. The van der Waals surface area contributed by atoms with Gasteiger partial charge in [0.25, 0.3) is 0 Å². The van der Waals surface area contributed by atoms with Crippen LogP contribution in [0.2, 0.25) is 0 Å².